The molecular formula is C32H51N7O12. The minimum Gasteiger partial charge on any atom is -0.480 e. The molecule has 0 spiro atoms. The first kappa shape index (κ1) is 42.9. The Morgan fingerprint density at radius 2 is 0.882 bits per heavy atom. The van der Waals surface area contributed by atoms with Gasteiger partial charge in [0.05, 0.1) is 31.2 Å². The molecule has 286 valence electrons. The van der Waals surface area contributed by atoms with Crippen molar-refractivity contribution in [1.82, 2.24) is 35.6 Å². The van der Waals surface area contributed by atoms with Gasteiger partial charge in [-0.05, 0) is 31.4 Å². The van der Waals surface area contributed by atoms with E-state index in [0.29, 0.717) is 11.4 Å². The lowest BCUT2D eigenvalue weighted by Crippen LogP contribution is -2.52. The quantitative estimate of drug-likeness (QED) is 0.0612. The van der Waals surface area contributed by atoms with Crippen molar-refractivity contribution in [3.05, 3.63) is 29.6 Å². The second-order valence-corrected chi connectivity index (χ2v) is 12.0. The van der Waals surface area contributed by atoms with E-state index in [1.165, 1.54) is 0 Å². The first-order chi connectivity index (χ1) is 24.4. The van der Waals surface area contributed by atoms with E-state index < -0.39 is 53.8 Å². The van der Waals surface area contributed by atoms with Crippen molar-refractivity contribution in [3.8, 4) is 0 Å². The number of carboxylic acid groups (broad SMARTS) is 3. The minimum atomic E-state index is -1.26. The van der Waals surface area contributed by atoms with Gasteiger partial charge >= 0.3 is 17.9 Å². The fourth-order valence-electron chi connectivity index (χ4n) is 5.79. The van der Waals surface area contributed by atoms with Crippen molar-refractivity contribution in [2.24, 2.45) is 0 Å². The molecule has 0 fully saturated rings. The maximum Gasteiger partial charge on any atom is 0.320 e. The molecule has 19 heteroatoms. The summed E-state index contributed by atoms with van der Waals surface area (Å²) in [4.78, 5) is 84.1. The Morgan fingerprint density at radius 1 is 0.569 bits per heavy atom. The van der Waals surface area contributed by atoms with Crippen LogP contribution in [-0.2, 0) is 41.9 Å². The molecule has 0 aliphatic carbocycles. The summed E-state index contributed by atoms with van der Waals surface area (Å²) in [5.41, 5.74) is 0.891. The highest BCUT2D eigenvalue weighted by Crippen LogP contribution is 2.19. The summed E-state index contributed by atoms with van der Waals surface area (Å²) in [5, 5.41) is 65.3. The van der Waals surface area contributed by atoms with Gasteiger partial charge in [0.2, 0.25) is 17.7 Å². The first-order valence-corrected chi connectivity index (χ1v) is 16.9. The highest BCUT2D eigenvalue weighted by Gasteiger charge is 2.33. The van der Waals surface area contributed by atoms with E-state index in [0.717, 1.165) is 0 Å². The van der Waals surface area contributed by atoms with Gasteiger partial charge in [-0.25, -0.2) is 0 Å². The number of fused-ring (bicyclic) bond motifs is 2. The number of hydrogen-bond donors (Lipinski definition) is 9. The van der Waals surface area contributed by atoms with Crippen LogP contribution in [0.4, 0.5) is 0 Å². The summed E-state index contributed by atoms with van der Waals surface area (Å²) in [5.74, 6) is -5.06. The normalized spacial score (nSPS) is 16.5. The van der Waals surface area contributed by atoms with Crippen LogP contribution < -0.4 is 16.0 Å². The number of amides is 3. The van der Waals surface area contributed by atoms with Crippen molar-refractivity contribution < 1.29 is 59.4 Å². The standard InChI is InChI=1S/C32H51N7O12/c40-17-10-33-27(43)7-4-24(30(46)47)37-13-15-38(25(31(48)49)5-8-28(44)34-11-18-41)20-22-2-1-3-23(36-22)21-39(16-14-37)26(32(50)51)6-9-29(45)35-12-19-42/h1-3,24-26,40-42H,4-21H2,(H,33,43)(H,34,44)(H,35,45)(H,46,47)(H,48,49)(H,50,51). The molecular weight excluding hydrogens is 674 g/mol. The van der Waals surface area contributed by atoms with Gasteiger partial charge in [-0.15, -0.1) is 0 Å². The molecule has 1 aliphatic heterocycles. The zero-order valence-electron chi connectivity index (χ0n) is 28.6. The van der Waals surface area contributed by atoms with Crippen LogP contribution in [0, 0.1) is 0 Å². The Balaban J connectivity index is 2.51. The third-order valence-corrected chi connectivity index (χ3v) is 8.36. The molecule has 9 N–H and O–H groups in total. The highest BCUT2D eigenvalue weighted by molar-refractivity contribution is 5.80. The molecule has 0 aromatic carbocycles. The van der Waals surface area contributed by atoms with Crippen molar-refractivity contribution in [2.45, 2.75) is 69.7 Å². The molecule has 0 saturated carbocycles. The van der Waals surface area contributed by atoms with Crippen LogP contribution in [0.1, 0.15) is 49.9 Å². The molecule has 2 rings (SSSR count). The molecule has 2 bridgehead atoms. The Morgan fingerprint density at radius 3 is 1.20 bits per heavy atom. The van der Waals surface area contributed by atoms with E-state index in [-0.39, 0.29) is 117 Å². The van der Waals surface area contributed by atoms with Crippen molar-refractivity contribution in [3.63, 3.8) is 0 Å². The lowest BCUT2D eigenvalue weighted by Gasteiger charge is -2.37. The van der Waals surface area contributed by atoms with Crippen LogP contribution >= 0.6 is 0 Å². The lowest BCUT2D eigenvalue weighted by atomic mass is 10.1. The summed E-state index contributed by atoms with van der Waals surface area (Å²) >= 11 is 0. The zero-order chi connectivity index (χ0) is 37.8. The second-order valence-electron chi connectivity index (χ2n) is 12.0. The topological polar surface area (TPSA) is 282 Å². The van der Waals surface area contributed by atoms with E-state index >= 15 is 0 Å². The number of carbonyl (C=O) groups is 6. The van der Waals surface area contributed by atoms with E-state index in [4.69, 9.17) is 15.3 Å². The molecule has 0 saturated heterocycles. The van der Waals surface area contributed by atoms with Gasteiger partial charge in [0, 0.05) is 78.2 Å². The number of hydrogen-bond acceptors (Lipinski definition) is 13. The van der Waals surface area contributed by atoms with Crippen molar-refractivity contribution >= 4 is 35.6 Å². The average molecular weight is 726 g/mol. The van der Waals surface area contributed by atoms with Gasteiger partial charge in [0.15, 0.2) is 0 Å². The number of rotatable bonds is 21. The molecule has 3 amide bonds. The third-order valence-electron chi connectivity index (χ3n) is 8.36. The van der Waals surface area contributed by atoms with Gasteiger partial charge in [-0.1, -0.05) is 6.07 Å². The van der Waals surface area contributed by atoms with Gasteiger partial charge in [-0.2, -0.15) is 0 Å². The largest absolute Gasteiger partial charge is 0.480 e. The number of aliphatic carboxylic acids is 3. The Hall–Kier alpha value is -4.27. The summed E-state index contributed by atoms with van der Waals surface area (Å²) in [6, 6.07) is 1.43. The molecule has 51 heavy (non-hydrogen) atoms. The van der Waals surface area contributed by atoms with Gasteiger partial charge < -0.3 is 46.6 Å². The van der Waals surface area contributed by atoms with Gasteiger partial charge in [-0.3, -0.25) is 48.5 Å². The fourth-order valence-corrected chi connectivity index (χ4v) is 5.79. The van der Waals surface area contributed by atoms with Crippen LogP contribution in [0.25, 0.3) is 0 Å². The maximum absolute atomic E-state index is 12.6. The average Bonchev–Trinajstić information content (AvgIpc) is 3.08. The molecule has 2 heterocycles. The number of aromatic nitrogens is 1. The number of pyridine rings is 1. The fraction of sp³-hybridized carbons (Fsp3) is 0.656. The number of carboxylic acids is 3. The number of nitrogens with one attached hydrogen (secondary N) is 3. The highest BCUT2D eigenvalue weighted by atomic mass is 16.4. The van der Waals surface area contributed by atoms with E-state index in [1.54, 1.807) is 32.9 Å². The molecule has 3 atom stereocenters. The molecule has 0 radical (unpaired) electrons. The SMILES string of the molecule is O=C(CCC(C(=O)O)N1CCN(C(CCC(=O)NCCO)C(=O)O)Cc2cccc(n2)CN(C(CCC(=O)NCCO)C(=O)O)CC1)NCCO. The smallest absolute Gasteiger partial charge is 0.320 e. The zero-order valence-corrected chi connectivity index (χ0v) is 28.6. The predicted molar refractivity (Wildman–Crippen MR) is 179 cm³/mol. The number of aliphatic hydroxyl groups excluding tert-OH is 3. The van der Waals surface area contributed by atoms with Crippen molar-refractivity contribution in [2.75, 3.05) is 65.6 Å². The number of carbonyl (C=O) groups excluding carboxylic acids is 3. The molecule has 19 nitrogen and oxygen atoms in total. The summed E-state index contributed by atoms with van der Waals surface area (Å²) in [6.45, 7) is -0.927. The van der Waals surface area contributed by atoms with Gasteiger partial charge in [0.1, 0.15) is 18.1 Å². The third kappa shape index (κ3) is 15.7. The predicted octanol–water partition coefficient (Wildman–Crippen LogP) is -2.97. The summed E-state index contributed by atoms with van der Waals surface area (Å²) in [7, 11) is 0. The van der Waals surface area contributed by atoms with Crippen LogP contribution in [0.2, 0.25) is 0 Å². The second kappa shape index (κ2) is 23.3. The van der Waals surface area contributed by atoms with Crippen LogP contribution in [-0.4, -0.2) is 170 Å². The van der Waals surface area contributed by atoms with Crippen molar-refractivity contribution in [1.29, 1.82) is 0 Å². The van der Waals surface area contributed by atoms with E-state index in [2.05, 4.69) is 20.9 Å². The molecule has 3 unspecified atom stereocenters. The lowest BCUT2D eigenvalue weighted by molar-refractivity contribution is -0.147. The van der Waals surface area contributed by atoms with E-state index in [1.807, 2.05) is 0 Å². The molecule has 1 aliphatic rings. The molecule has 1 aromatic rings. The Bertz CT molecular complexity index is 1230. The Labute approximate surface area is 295 Å². The summed E-state index contributed by atoms with van der Waals surface area (Å²) in [6.07, 6.45) is -0.853. The van der Waals surface area contributed by atoms with Crippen LogP contribution in [0.3, 0.4) is 0 Å². The first-order valence-electron chi connectivity index (χ1n) is 16.9. The maximum atomic E-state index is 12.6. The Kier molecular flexibility index (Phi) is 19.6. The summed E-state index contributed by atoms with van der Waals surface area (Å²) < 4.78 is 0. The van der Waals surface area contributed by atoms with E-state index in [9.17, 15) is 44.1 Å². The number of nitrogens with zero attached hydrogens (tertiary/aromatic N) is 4. The minimum absolute atomic E-state index is 0.00495. The molecule has 1 aromatic heterocycles. The van der Waals surface area contributed by atoms with Crippen LogP contribution in [0.15, 0.2) is 18.2 Å². The monoisotopic (exact) mass is 725 g/mol. The van der Waals surface area contributed by atoms with Crippen LogP contribution in [0.5, 0.6) is 0 Å². The van der Waals surface area contributed by atoms with Gasteiger partial charge in [0.25, 0.3) is 0 Å². The number of aliphatic hydroxyl groups is 3.